The van der Waals surface area contributed by atoms with Crippen molar-refractivity contribution in [3.8, 4) is 0 Å². The van der Waals surface area contributed by atoms with E-state index in [1.165, 1.54) is 12.1 Å². The molecule has 1 aliphatic carbocycles. The normalized spacial score (nSPS) is 18.8. The van der Waals surface area contributed by atoms with Crippen molar-refractivity contribution in [2.75, 3.05) is 24.5 Å². The Bertz CT molecular complexity index is 864. The van der Waals surface area contributed by atoms with Crippen LogP contribution in [0.2, 0.25) is 5.02 Å². The third-order valence-electron chi connectivity index (χ3n) is 5.18. The number of hydrogen-bond donors (Lipinski definition) is 0. The third kappa shape index (κ3) is 2.97. The second kappa shape index (κ2) is 6.40. The fraction of sp³-hybridized carbons (Fsp3) is 0.300. The van der Waals surface area contributed by atoms with Crippen molar-refractivity contribution in [1.82, 2.24) is 4.90 Å². The molecule has 4 rings (SSSR count). The lowest BCUT2D eigenvalue weighted by atomic mass is 9.94. The molecule has 2 fully saturated rings. The van der Waals surface area contributed by atoms with Crippen LogP contribution >= 0.6 is 11.6 Å². The first kappa shape index (κ1) is 17.0. The first-order chi connectivity index (χ1) is 12.5. The second-order valence-electron chi connectivity index (χ2n) is 6.84. The van der Waals surface area contributed by atoms with E-state index in [4.69, 9.17) is 11.6 Å². The minimum Gasteiger partial charge on any atom is -0.331 e. The van der Waals surface area contributed by atoms with E-state index in [1.54, 1.807) is 40.1 Å². The molecule has 4 nitrogen and oxygen atoms in total. The van der Waals surface area contributed by atoms with Gasteiger partial charge in [0.2, 0.25) is 11.8 Å². The highest BCUT2D eigenvalue weighted by atomic mass is 35.5. The lowest BCUT2D eigenvalue weighted by molar-refractivity contribution is -0.139. The van der Waals surface area contributed by atoms with Gasteiger partial charge in [-0.15, -0.1) is 0 Å². The third-order valence-corrected chi connectivity index (χ3v) is 5.42. The van der Waals surface area contributed by atoms with Gasteiger partial charge in [-0.25, -0.2) is 4.39 Å². The average molecular weight is 373 g/mol. The first-order valence-electron chi connectivity index (χ1n) is 8.61. The Hall–Kier alpha value is -2.40. The minimum absolute atomic E-state index is 0.0387. The number of carbonyl (C=O) groups excluding carboxylic acids is 2. The maximum atomic E-state index is 13.2. The highest BCUT2D eigenvalue weighted by molar-refractivity contribution is 6.30. The molecule has 1 heterocycles. The summed E-state index contributed by atoms with van der Waals surface area (Å²) in [4.78, 5) is 28.9. The molecule has 2 aromatic rings. The van der Waals surface area contributed by atoms with Crippen LogP contribution in [0.5, 0.6) is 0 Å². The van der Waals surface area contributed by atoms with Crippen LogP contribution in [0.15, 0.2) is 48.5 Å². The average Bonchev–Trinajstić information content (AvgIpc) is 3.43. The summed E-state index contributed by atoms with van der Waals surface area (Å²) in [6, 6.07) is 13.2. The molecule has 2 amide bonds. The number of nitrogens with zero attached hydrogens (tertiary/aromatic N) is 2. The van der Waals surface area contributed by atoms with Crippen LogP contribution in [0.4, 0.5) is 10.1 Å². The molecule has 0 N–H and O–H groups in total. The van der Waals surface area contributed by atoms with Gasteiger partial charge in [0, 0.05) is 23.8 Å². The summed E-state index contributed by atoms with van der Waals surface area (Å²) in [7, 11) is 0. The Morgan fingerprint density at radius 3 is 2.42 bits per heavy atom. The van der Waals surface area contributed by atoms with Crippen molar-refractivity contribution in [1.29, 1.82) is 0 Å². The maximum Gasteiger partial charge on any atom is 0.246 e. The summed E-state index contributed by atoms with van der Waals surface area (Å²) in [5, 5.41) is 0.571. The van der Waals surface area contributed by atoms with Crippen LogP contribution < -0.4 is 4.90 Å². The zero-order valence-corrected chi connectivity index (χ0v) is 14.9. The molecule has 2 aromatic carbocycles. The smallest absolute Gasteiger partial charge is 0.246 e. The van der Waals surface area contributed by atoms with Gasteiger partial charge >= 0.3 is 0 Å². The van der Waals surface area contributed by atoms with Crippen LogP contribution in [-0.4, -0.2) is 36.3 Å². The van der Waals surface area contributed by atoms with E-state index in [9.17, 15) is 14.0 Å². The van der Waals surface area contributed by atoms with Gasteiger partial charge < -0.3 is 9.80 Å². The second-order valence-corrected chi connectivity index (χ2v) is 7.28. The Balaban J connectivity index is 1.49. The first-order valence-corrected chi connectivity index (χ1v) is 8.99. The Labute approximate surface area is 156 Å². The van der Waals surface area contributed by atoms with Gasteiger partial charge in [0.1, 0.15) is 12.4 Å². The molecular weight excluding hydrogens is 355 g/mol. The van der Waals surface area contributed by atoms with Gasteiger partial charge in [-0.3, -0.25) is 9.59 Å². The molecule has 1 saturated heterocycles. The predicted octanol–water partition coefficient (Wildman–Crippen LogP) is 3.39. The van der Waals surface area contributed by atoms with Crippen LogP contribution in [-0.2, 0) is 15.0 Å². The van der Waals surface area contributed by atoms with Gasteiger partial charge in [-0.2, -0.15) is 0 Å². The van der Waals surface area contributed by atoms with Gasteiger partial charge in [0.05, 0.1) is 5.41 Å². The van der Waals surface area contributed by atoms with E-state index in [0.29, 0.717) is 18.1 Å². The van der Waals surface area contributed by atoms with E-state index in [1.807, 2.05) is 6.07 Å². The molecule has 0 unspecified atom stereocenters. The fourth-order valence-corrected chi connectivity index (χ4v) is 3.77. The summed E-state index contributed by atoms with van der Waals surface area (Å²) < 4.78 is 13.2. The number of anilines is 1. The molecule has 6 heteroatoms. The molecule has 134 valence electrons. The summed E-state index contributed by atoms with van der Waals surface area (Å²) in [5.41, 5.74) is 0.981. The summed E-state index contributed by atoms with van der Waals surface area (Å²) in [6.07, 6.45) is 1.47. The fourth-order valence-electron chi connectivity index (χ4n) is 3.59. The molecule has 0 bridgehead atoms. The Kier molecular flexibility index (Phi) is 4.19. The monoisotopic (exact) mass is 372 g/mol. The standard InChI is InChI=1S/C20H18ClFN2O2/c21-15-2-1-3-17(12-15)24-11-10-23(13-18(24)25)19(26)20(8-9-20)14-4-6-16(22)7-5-14/h1-7,12H,8-11,13H2. The summed E-state index contributed by atoms with van der Waals surface area (Å²) in [6.45, 7) is 0.957. The van der Waals surface area contributed by atoms with Gasteiger partial charge in [0.25, 0.3) is 0 Å². The number of halogens is 2. The number of amides is 2. The van der Waals surface area contributed by atoms with E-state index < -0.39 is 5.41 Å². The number of rotatable bonds is 3. The molecule has 0 spiro atoms. The summed E-state index contributed by atoms with van der Waals surface area (Å²) >= 11 is 6.01. The van der Waals surface area contributed by atoms with Crippen LogP contribution in [0.25, 0.3) is 0 Å². The van der Waals surface area contributed by atoms with E-state index in [0.717, 1.165) is 24.1 Å². The number of carbonyl (C=O) groups is 2. The van der Waals surface area contributed by atoms with Crippen LogP contribution in [0.3, 0.4) is 0 Å². The van der Waals surface area contributed by atoms with Crippen molar-refractivity contribution in [3.05, 3.63) is 64.9 Å². The van der Waals surface area contributed by atoms with Crippen molar-refractivity contribution in [3.63, 3.8) is 0 Å². The molecule has 26 heavy (non-hydrogen) atoms. The number of benzene rings is 2. The minimum atomic E-state index is -0.591. The largest absolute Gasteiger partial charge is 0.331 e. The molecule has 1 saturated carbocycles. The van der Waals surface area contributed by atoms with E-state index in [2.05, 4.69) is 0 Å². The Morgan fingerprint density at radius 1 is 1.08 bits per heavy atom. The molecule has 0 radical (unpaired) electrons. The maximum absolute atomic E-state index is 13.2. The zero-order valence-electron chi connectivity index (χ0n) is 14.1. The molecule has 0 atom stereocenters. The van der Waals surface area contributed by atoms with Crippen molar-refractivity contribution >= 4 is 29.1 Å². The number of piperazine rings is 1. The lowest BCUT2D eigenvalue weighted by Gasteiger charge is -2.36. The van der Waals surface area contributed by atoms with Gasteiger partial charge in [-0.1, -0.05) is 29.8 Å². The van der Waals surface area contributed by atoms with E-state index >= 15 is 0 Å². The highest BCUT2D eigenvalue weighted by Gasteiger charge is 2.53. The quantitative estimate of drug-likeness (QED) is 0.828. The molecule has 0 aromatic heterocycles. The Morgan fingerprint density at radius 2 is 1.81 bits per heavy atom. The van der Waals surface area contributed by atoms with Gasteiger partial charge in [-0.05, 0) is 48.7 Å². The SMILES string of the molecule is O=C1CN(C(=O)C2(c3ccc(F)cc3)CC2)CCN1c1cccc(Cl)c1. The molecule has 1 aliphatic heterocycles. The molecular formula is C20H18ClFN2O2. The lowest BCUT2D eigenvalue weighted by Crippen LogP contribution is -2.54. The van der Waals surface area contributed by atoms with E-state index in [-0.39, 0.29) is 24.2 Å². The van der Waals surface area contributed by atoms with Crippen molar-refractivity contribution in [2.45, 2.75) is 18.3 Å². The highest BCUT2D eigenvalue weighted by Crippen LogP contribution is 2.49. The van der Waals surface area contributed by atoms with Crippen molar-refractivity contribution in [2.24, 2.45) is 0 Å². The zero-order chi connectivity index (χ0) is 18.3. The number of hydrogen-bond acceptors (Lipinski definition) is 2. The van der Waals surface area contributed by atoms with Crippen LogP contribution in [0.1, 0.15) is 18.4 Å². The van der Waals surface area contributed by atoms with Crippen LogP contribution in [0, 0.1) is 5.82 Å². The van der Waals surface area contributed by atoms with Gasteiger partial charge in [0.15, 0.2) is 0 Å². The molecule has 2 aliphatic rings. The topological polar surface area (TPSA) is 40.6 Å². The van der Waals surface area contributed by atoms with Crippen molar-refractivity contribution < 1.29 is 14.0 Å². The predicted molar refractivity (Wildman–Crippen MR) is 97.7 cm³/mol. The summed E-state index contributed by atoms with van der Waals surface area (Å²) in [5.74, 6) is -0.479.